The molecule has 0 heterocycles. The van der Waals surface area contributed by atoms with Crippen molar-refractivity contribution in [3.8, 4) is 0 Å². The van der Waals surface area contributed by atoms with Gasteiger partial charge in [0.1, 0.15) is 0 Å². The van der Waals surface area contributed by atoms with Crippen LogP contribution in [0.15, 0.2) is 54.6 Å². The van der Waals surface area contributed by atoms with Crippen molar-refractivity contribution in [2.45, 2.75) is 13.0 Å². The lowest BCUT2D eigenvalue weighted by atomic mass is 10.1. The van der Waals surface area contributed by atoms with Crippen LogP contribution in [0.1, 0.15) is 11.1 Å². The quantitative estimate of drug-likeness (QED) is 0.607. The van der Waals surface area contributed by atoms with Gasteiger partial charge in [0.15, 0.2) is 0 Å². The fourth-order valence-electron chi connectivity index (χ4n) is 1.81. The van der Waals surface area contributed by atoms with Gasteiger partial charge in [-0.3, -0.25) is 0 Å². The van der Waals surface area contributed by atoms with Gasteiger partial charge in [0.25, 0.3) is 0 Å². The molecule has 0 radical (unpaired) electrons. The minimum absolute atomic E-state index is 0.883. The summed E-state index contributed by atoms with van der Waals surface area (Å²) in [5.41, 5.74) is 9.30. The number of para-hydroxylation sites is 1. The lowest BCUT2D eigenvalue weighted by molar-refractivity contribution is 0.687. The molecule has 2 aromatic carbocycles. The summed E-state index contributed by atoms with van der Waals surface area (Å²) in [6.07, 6.45) is 0.972. The molecule has 3 N–H and O–H groups in total. The monoisotopic (exact) mass is 226 g/mol. The van der Waals surface area contributed by atoms with Crippen LogP contribution in [0, 0.1) is 0 Å². The summed E-state index contributed by atoms with van der Waals surface area (Å²) in [6, 6.07) is 18.4. The van der Waals surface area contributed by atoms with Gasteiger partial charge in [0.05, 0.1) is 0 Å². The van der Waals surface area contributed by atoms with Crippen LogP contribution in [0.2, 0.25) is 0 Å². The molecule has 2 rings (SSSR count). The maximum atomic E-state index is 5.89. The Morgan fingerprint density at radius 1 is 0.882 bits per heavy atom. The van der Waals surface area contributed by atoms with Crippen molar-refractivity contribution in [3.05, 3.63) is 65.7 Å². The zero-order chi connectivity index (χ0) is 11.9. The number of nitrogen functional groups attached to an aromatic ring is 1. The number of rotatable bonds is 5. The molecular formula is C15H18N2. The van der Waals surface area contributed by atoms with Crippen LogP contribution in [-0.2, 0) is 13.0 Å². The number of anilines is 1. The molecule has 0 fully saturated rings. The topological polar surface area (TPSA) is 38.0 Å². The van der Waals surface area contributed by atoms with Gasteiger partial charge in [-0.1, -0.05) is 48.5 Å². The van der Waals surface area contributed by atoms with Crippen LogP contribution in [0.4, 0.5) is 5.69 Å². The molecule has 0 aromatic heterocycles. The summed E-state index contributed by atoms with van der Waals surface area (Å²) in [6.45, 7) is 1.86. The Morgan fingerprint density at radius 3 is 2.35 bits per heavy atom. The molecule has 2 nitrogen and oxygen atoms in total. The summed E-state index contributed by atoms with van der Waals surface area (Å²) in [4.78, 5) is 0. The number of hydrogen-bond donors (Lipinski definition) is 2. The predicted molar refractivity (Wildman–Crippen MR) is 72.7 cm³/mol. The standard InChI is InChI=1S/C15H18N2/c16-15-9-5-4-8-14(15)10-11-17-12-13-6-2-1-3-7-13/h1-9,17H,10-12,16H2. The highest BCUT2D eigenvalue weighted by atomic mass is 14.8. The zero-order valence-corrected chi connectivity index (χ0v) is 9.89. The third-order valence-corrected chi connectivity index (χ3v) is 2.80. The molecule has 17 heavy (non-hydrogen) atoms. The zero-order valence-electron chi connectivity index (χ0n) is 9.89. The van der Waals surface area contributed by atoms with Crippen LogP contribution < -0.4 is 11.1 Å². The van der Waals surface area contributed by atoms with Gasteiger partial charge in [-0.05, 0) is 30.2 Å². The van der Waals surface area contributed by atoms with Crippen molar-refractivity contribution in [3.63, 3.8) is 0 Å². The largest absolute Gasteiger partial charge is 0.399 e. The highest BCUT2D eigenvalue weighted by Gasteiger charge is 1.97. The van der Waals surface area contributed by atoms with Gasteiger partial charge < -0.3 is 11.1 Å². The van der Waals surface area contributed by atoms with Crippen LogP contribution in [-0.4, -0.2) is 6.54 Å². The second-order valence-electron chi connectivity index (χ2n) is 4.11. The van der Waals surface area contributed by atoms with Gasteiger partial charge in [-0.2, -0.15) is 0 Å². The molecule has 0 aliphatic heterocycles. The first kappa shape index (κ1) is 11.7. The molecule has 88 valence electrons. The Balaban J connectivity index is 1.76. The van der Waals surface area contributed by atoms with Crippen molar-refractivity contribution in [2.24, 2.45) is 0 Å². The highest BCUT2D eigenvalue weighted by molar-refractivity contribution is 5.46. The average Bonchev–Trinajstić information content (AvgIpc) is 2.38. The Labute approximate surface area is 102 Å². The van der Waals surface area contributed by atoms with Crippen LogP contribution in [0.5, 0.6) is 0 Å². The van der Waals surface area contributed by atoms with Gasteiger partial charge in [-0.15, -0.1) is 0 Å². The van der Waals surface area contributed by atoms with E-state index in [4.69, 9.17) is 5.73 Å². The number of hydrogen-bond acceptors (Lipinski definition) is 2. The van der Waals surface area contributed by atoms with Gasteiger partial charge in [-0.25, -0.2) is 0 Å². The smallest absolute Gasteiger partial charge is 0.0347 e. The SMILES string of the molecule is Nc1ccccc1CCNCc1ccccc1. The Kier molecular flexibility index (Phi) is 4.17. The maximum absolute atomic E-state index is 5.89. The number of benzene rings is 2. The molecule has 0 aliphatic rings. The first-order valence-corrected chi connectivity index (χ1v) is 5.94. The molecule has 2 heteroatoms. The Hall–Kier alpha value is -1.80. The van der Waals surface area contributed by atoms with Crippen molar-refractivity contribution in [2.75, 3.05) is 12.3 Å². The molecule has 0 atom stereocenters. The third kappa shape index (κ3) is 3.61. The first-order chi connectivity index (χ1) is 8.36. The second kappa shape index (κ2) is 6.06. The normalized spacial score (nSPS) is 10.4. The Morgan fingerprint density at radius 2 is 1.59 bits per heavy atom. The Bertz CT molecular complexity index is 451. The molecule has 0 saturated heterocycles. The molecule has 2 aromatic rings. The highest BCUT2D eigenvalue weighted by Crippen LogP contribution is 2.10. The molecule has 0 unspecified atom stereocenters. The summed E-state index contributed by atoms with van der Waals surface area (Å²) in [5, 5.41) is 3.42. The van der Waals surface area contributed by atoms with Crippen molar-refractivity contribution >= 4 is 5.69 Å². The summed E-state index contributed by atoms with van der Waals surface area (Å²) >= 11 is 0. The van der Waals surface area contributed by atoms with E-state index in [1.165, 1.54) is 11.1 Å². The first-order valence-electron chi connectivity index (χ1n) is 5.94. The van der Waals surface area contributed by atoms with E-state index in [1.807, 2.05) is 24.3 Å². The molecule has 0 saturated carbocycles. The van der Waals surface area contributed by atoms with Crippen molar-refractivity contribution < 1.29 is 0 Å². The van der Waals surface area contributed by atoms with E-state index in [1.54, 1.807) is 0 Å². The van der Waals surface area contributed by atoms with E-state index >= 15 is 0 Å². The van der Waals surface area contributed by atoms with E-state index in [2.05, 4.69) is 35.6 Å². The lowest BCUT2D eigenvalue weighted by Crippen LogP contribution is -2.17. The lowest BCUT2D eigenvalue weighted by Gasteiger charge is -2.07. The number of nitrogens with two attached hydrogens (primary N) is 1. The van der Waals surface area contributed by atoms with Crippen LogP contribution in [0.3, 0.4) is 0 Å². The second-order valence-corrected chi connectivity index (χ2v) is 4.11. The van der Waals surface area contributed by atoms with Gasteiger partial charge in [0.2, 0.25) is 0 Å². The summed E-state index contributed by atoms with van der Waals surface area (Å²) < 4.78 is 0. The van der Waals surface area contributed by atoms with Crippen LogP contribution in [0.25, 0.3) is 0 Å². The van der Waals surface area contributed by atoms with Crippen molar-refractivity contribution in [1.29, 1.82) is 0 Å². The minimum Gasteiger partial charge on any atom is -0.399 e. The fourth-order valence-corrected chi connectivity index (χ4v) is 1.81. The average molecular weight is 226 g/mol. The third-order valence-electron chi connectivity index (χ3n) is 2.80. The predicted octanol–water partition coefficient (Wildman–Crippen LogP) is 2.60. The van der Waals surface area contributed by atoms with Crippen LogP contribution >= 0.6 is 0 Å². The van der Waals surface area contributed by atoms with Crippen molar-refractivity contribution in [1.82, 2.24) is 5.32 Å². The minimum atomic E-state index is 0.883. The van der Waals surface area contributed by atoms with E-state index in [0.29, 0.717) is 0 Å². The van der Waals surface area contributed by atoms with E-state index in [-0.39, 0.29) is 0 Å². The fraction of sp³-hybridized carbons (Fsp3) is 0.200. The molecule has 0 amide bonds. The van der Waals surface area contributed by atoms with Gasteiger partial charge >= 0.3 is 0 Å². The van der Waals surface area contributed by atoms with E-state index in [0.717, 1.165) is 25.2 Å². The van der Waals surface area contributed by atoms with Gasteiger partial charge in [0, 0.05) is 12.2 Å². The number of nitrogens with one attached hydrogen (secondary N) is 1. The van der Waals surface area contributed by atoms with E-state index in [9.17, 15) is 0 Å². The maximum Gasteiger partial charge on any atom is 0.0347 e. The molecule has 0 spiro atoms. The van der Waals surface area contributed by atoms with E-state index < -0.39 is 0 Å². The summed E-state index contributed by atoms with van der Waals surface area (Å²) in [7, 11) is 0. The molecule has 0 aliphatic carbocycles. The molecular weight excluding hydrogens is 208 g/mol. The molecule has 0 bridgehead atoms. The summed E-state index contributed by atoms with van der Waals surface area (Å²) in [5.74, 6) is 0.